The number of amides is 1. The predicted octanol–water partition coefficient (Wildman–Crippen LogP) is 6.24. The number of benzene rings is 4. The molecule has 0 fully saturated rings. The molecule has 0 unspecified atom stereocenters. The van der Waals surface area contributed by atoms with Crippen LogP contribution in [0.3, 0.4) is 0 Å². The van der Waals surface area contributed by atoms with Gasteiger partial charge in [0.2, 0.25) is 0 Å². The van der Waals surface area contributed by atoms with E-state index in [0.29, 0.717) is 46.6 Å². The second-order valence-electron chi connectivity index (χ2n) is 7.64. The number of carbonyl (C=O) groups is 1. The molecule has 0 aliphatic carbocycles. The number of halogens is 1. The molecule has 0 heterocycles. The van der Waals surface area contributed by atoms with Crippen molar-refractivity contribution in [1.29, 1.82) is 0 Å². The van der Waals surface area contributed by atoms with Crippen molar-refractivity contribution in [2.75, 3.05) is 13.7 Å². The fourth-order valence-corrected chi connectivity index (χ4v) is 3.86. The van der Waals surface area contributed by atoms with E-state index in [1.165, 1.54) is 13.3 Å². The average Bonchev–Trinajstić information content (AvgIpc) is 2.88. The summed E-state index contributed by atoms with van der Waals surface area (Å²) in [5.74, 6) is 1.04. The molecule has 1 N–H and O–H groups in total. The van der Waals surface area contributed by atoms with Gasteiger partial charge in [0.15, 0.2) is 11.5 Å². The van der Waals surface area contributed by atoms with Crippen molar-refractivity contribution in [2.45, 2.75) is 13.5 Å². The maximum Gasteiger partial charge on any atom is 0.275 e. The van der Waals surface area contributed by atoms with Crippen molar-refractivity contribution in [1.82, 2.24) is 5.43 Å². The number of ether oxygens (including phenoxy) is 3. The highest BCUT2D eigenvalue weighted by molar-refractivity contribution is 6.32. The zero-order valence-electron chi connectivity index (χ0n) is 19.5. The lowest BCUT2D eigenvalue weighted by molar-refractivity contribution is 0.0952. The van der Waals surface area contributed by atoms with Gasteiger partial charge in [-0.2, -0.15) is 5.10 Å². The Balaban J connectivity index is 1.50. The van der Waals surface area contributed by atoms with E-state index in [1.807, 2.05) is 67.6 Å². The number of hydrogen-bond acceptors (Lipinski definition) is 5. The Kier molecular flexibility index (Phi) is 7.85. The van der Waals surface area contributed by atoms with Gasteiger partial charge >= 0.3 is 0 Å². The third-order valence-electron chi connectivity index (χ3n) is 5.25. The highest BCUT2D eigenvalue weighted by Gasteiger charge is 2.14. The van der Waals surface area contributed by atoms with Gasteiger partial charge in [-0.3, -0.25) is 4.79 Å². The molecular formula is C28H25ClN2O4. The van der Waals surface area contributed by atoms with Gasteiger partial charge in [-0.15, -0.1) is 0 Å². The van der Waals surface area contributed by atoms with Crippen molar-refractivity contribution >= 4 is 34.5 Å². The van der Waals surface area contributed by atoms with E-state index >= 15 is 0 Å². The van der Waals surface area contributed by atoms with Crippen molar-refractivity contribution in [2.24, 2.45) is 5.10 Å². The van der Waals surface area contributed by atoms with Crippen molar-refractivity contribution in [3.63, 3.8) is 0 Å². The number of methoxy groups -OCH3 is 1. The second-order valence-corrected chi connectivity index (χ2v) is 8.04. The summed E-state index contributed by atoms with van der Waals surface area (Å²) in [4.78, 5) is 12.8. The Bertz CT molecular complexity index is 1360. The van der Waals surface area contributed by atoms with Crippen LogP contribution in [0, 0.1) is 0 Å². The van der Waals surface area contributed by atoms with Crippen molar-refractivity contribution < 1.29 is 19.0 Å². The van der Waals surface area contributed by atoms with Crippen LogP contribution >= 0.6 is 11.6 Å². The number of rotatable bonds is 9. The zero-order valence-corrected chi connectivity index (χ0v) is 20.2. The molecule has 4 aromatic carbocycles. The van der Waals surface area contributed by atoms with Crippen LogP contribution in [0.25, 0.3) is 10.8 Å². The molecule has 7 heteroatoms. The first-order valence-electron chi connectivity index (χ1n) is 11.1. The average molecular weight is 489 g/mol. The van der Waals surface area contributed by atoms with Crippen molar-refractivity contribution in [3.8, 4) is 17.2 Å². The first kappa shape index (κ1) is 24.1. The Morgan fingerprint density at radius 2 is 1.66 bits per heavy atom. The van der Waals surface area contributed by atoms with E-state index in [2.05, 4.69) is 10.5 Å². The van der Waals surface area contributed by atoms with Gasteiger partial charge in [0.05, 0.1) is 30.5 Å². The van der Waals surface area contributed by atoms with Crippen LogP contribution in [0.15, 0.2) is 84.0 Å². The van der Waals surface area contributed by atoms with Crippen LogP contribution in [-0.4, -0.2) is 25.8 Å². The van der Waals surface area contributed by atoms with Crippen LogP contribution < -0.4 is 19.6 Å². The Morgan fingerprint density at radius 3 is 2.37 bits per heavy atom. The zero-order chi connectivity index (χ0) is 24.6. The van der Waals surface area contributed by atoms with Crippen LogP contribution in [0.1, 0.15) is 28.4 Å². The van der Waals surface area contributed by atoms with E-state index < -0.39 is 0 Å². The van der Waals surface area contributed by atoms with Crippen LogP contribution in [0.5, 0.6) is 17.2 Å². The second kappa shape index (κ2) is 11.4. The number of carbonyl (C=O) groups excluding carboxylic acids is 1. The molecule has 0 saturated heterocycles. The standard InChI is InChI=1S/C28H25ClN2O4/c1-3-34-26-14-20(13-24(29)27(26)35-18-19-9-5-4-6-10-19)17-30-31-28(32)23-15-21-11-7-8-12-22(21)16-25(23)33-2/h4-17H,3,18H2,1-2H3,(H,31,32)/b30-17-. The summed E-state index contributed by atoms with van der Waals surface area (Å²) >= 11 is 6.50. The molecule has 6 nitrogen and oxygen atoms in total. The first-order valence-corrected chi connectivity index (χ1v) is 11.5. The molecule has 1 amide bonds. The monoisotopic (exact) mass is 488 g/mol. The molecule has 0 aromatic heterocycles. The summed E-state index contributed by atoms with van der Waals surface area (Å²) in [6, 6.07) is 24.6. The molecule has 4 aromatic rings. The SMILES string of the molecule is CCOc1cc(/C=N\NC(=O)c2cc3ccccc3cc2OC)cc(Cl)c1OCc1ccccc1. The lowest BCUT2D eigenvalue weighted by atomic mass is 10.1. The lowest BCUT2D eigenvalue weighted by Gasteiger charge is -2.14. The Hall–Kier alpha value is -4.03. The number of nitrogens with zero attached hydrogens (tertiary/aromatic N) is 1. The van der Waals surface area contributed by atoms with Gasteiger partial charge in [-0.25, -0.2) is 5.43 Å². The first-order chi connectivity index (χ1) is 17.1. The number of nitrogens with one attached hydrogen (secondary N) is 1. The Labute approximate surface area is 209 Å². The highest BCUT2D eigenvalue weighted by Crippen LogP contribution is 2.37. The minimum absolute atomic E-state index is 0.359. The number of fused-ring (bicyclic) bond motifs is 1. The van der Waals surface area contributed by atoms with E-state index in [4.69, 9.17) is 25.8 Å². The predicted molar refractivity (Wildman–Crippen MR) is 139 cm³/mol. The van der Waals surface area contributed by atoms with E-state index in [1.54, 1.807) is 18.2 Å². The van der Waals surface area contributed by atoms with Gasteiger partial charge in [-0.1, -0.05) is 66.2 Å². The molecule has 0 atom stereocenters. The summed E-state index contributed by atoms with van der Waals surface area (Å²) in [5.41, 5.74) is 4.61. The topological polar surface area (TPSA) is 69.2 Å². The van der Waals surface area contributed by atoms with Crippen LogP contribution in [0.4, 0.5) is 0 Å². The molecular weight excluding hydrogens is 464 g/mol. The minimum atomic E-state index is -0.386. The molecule has 0 aliphatic rings. The molecule has 0 aliphatic heterocycles. The maximum atomic E-state index is 12.8. The molecule has 0 bridgehead atoms. The van der Waals surface area contributed by atoms with E-state index in [9.17, 15) is 4.79 Å². The number of hydrazone groups is 1. The molecule has 0 spiro atoms. The molecule has 0 radical (unpaired) electrons. The van der Waals surface area contributed by atoms with Gasteiger partial charge in [-0.05, 0) is 53.1 Å². The molecule has 4 rings (SSSR count). The smallest absolute Gasteiger partial charge is 0.275 e. The summed E-state index contributed by atoms with van der Waals surface area (Å²) < 4.78 is 17.1. The minimum Gasteiger partial charge on any atom is -0.496 e. The fourth-order valence-electron chi connectivity index (χ4n) is 3.59. The third kappa shape index (κ3) is 5.91. The van der Waals surface area contributed by atoms with Gasteiger partial charge in [0, 0.05) is 0 Å². The summed E-state index contributed by atoms with van der Waals surface area (Å²) in [5, 5.41) is 6.40. The van der Waals surface area contributed by atoms with E-state index in [-0.39, 0.29) is 5.91 Å². The quantitative estimate of drug-likeness (QED) is 0.223. The maximum absolute atomic E-state index is 12.8. The fraction of sp³-hybridized carbons (Fsp3) is 0.143. The van der Waals surface area contributed by atoms with E-state index in [0.717, 1.165) is 16.3 Å². The van der Waals surface area contributed by atoms with Gasteiger partial charge in [0.1, 0.15) is 12.4 Å². The largest absolute Gasteiger partial charge is 0.496 e. The van der Waals surface area contributed by atoms with Crippen LogP contribution in [-0.2, 0) is 6.61 Å². The number of hydrogen-bond donors (Lipinski definition) is 1. The summed E-state index contributed by atoms with van der Waals surface area (Å²) in [6.45, 7) is 2.68. The van der Waals surface area contributed by atoms with Gasteiger partial charge in [0.25, 0.3) is 5.91 Å². The molecule has 178 valence electrons. The summed E-state index contributed by atoms with van der Waals surface area (Å²) in [6.07, 6.45) is 1.50. The highest BCUT2D eigenvalue weighted by atomic mass is 35.5. The third-order valence-corrected chi connectivity index (χ3v) is 5.53. The Morgan fingerprint density at radius 1 is 0.943 bits per heavy atom. The van der Waals surface area contributed by atoms with Crippen molar-refractivity contribution in [3.05, 3.63) is 101 Å². The lowest BCUT2D eigenvalue weighted by Crippen LogP contribution is -2.18. The molecule has 35 heavy (non-hydrogen) atoms. The van der Waals surface area contributed by atoms with Crippen LogP contribution in [0.2, 0.25) is 5.02 Å². The molecule has 0 saturated carbocycles. The summed E-state index contributed by atoms with van der Waals surface area (Å²) in [7, 11) is 1.53. The normalized spacial score (nSPS) is 10.9. The van der Waals surface area contributed by atoms with Gasteiger partial charge < -0.3 is 14.2 Å².